The Hall–Kier alpha value is -2.68. The zero-order valence-electron chi connectivity index (χ0n) is 13.8. The van der Waals surface area contributed by atoms with E-state index < -0.39 is 10.0 Å². The lowest BCUT2D eigenvalue weighted by molar-refractivity contribution is 0.599. The monoisotopic (exact) mass is 358 g/mol. The lowest BCUT2D eigenvalue weighted by Crippen LogP contribution is -2.25. The highest BCUT2D eigenvalue weighted by molar-refractivity contribution is 7.93. The normalized spacial score (nSPS) is 16.4. The molecule has 1 aliphatic heterocycles. The highest BCUT2D eigenvalue weighted by atomic mass is 32.2. The number of sulfonamides is 1. The van der Waals surface area contributed by atoms with Crippen molar-refractivity contribution in [1.29, 1.82) is 0 Å². The van der Waals surface area contributed by atoms with E-state index in [-0.39, 0.29) is 5.75 Å². The number of hydrogen-bond acceptors (Lipinski definition) is 6. The van der Waals surface area contributed by atoms with E-state index in [1.54, 1.807) is 4.68 Å². The van der Waals surface area contributed by atoms with E-state index in [1.165, 1.54) is 10.6 Å². The van der Waals surface area contributed by atoms with Gasteiger partial charge in [0.1, 0.15) is 12.1 Å². The van der Waals surface area contributed by atoms with E-state index in [0.717, 1.165) is 10.9 Å². The first-order valence-corrected chi connectivity index (χ1v) is 9.61. The number of aryl methyl sites for hydroxylation is 1. The molecule has 1 aromatic carbocycles. The van der Waals surface area contributed by atoms with Crippen LogP contribution < -0.4 is 9.62 Å². The second-order valence-electron chi connectivity index (χ2n) is 6.03. The van der Waals surface area contributed by atoms with E-state index in [2.05, 4.69) is 20.4 Å². The fraction of sp³-hybridized carbons (Fsp3) is 0.312. The number of nitrogens with zero attached hydrogens (tertiary/aromatic N) is 5. The number of benzene rings is 1. The maximum Gasteiger partial charge on any atom is 0.235 e. The molecule has 8 nitrogen and oxygen atoms in total. The SMILES string of the molecule is Cn1cc2c(NCc3cccc(N4CCCS4(=O)=O)c3)ncnc2n1. The van der Waals surface area contributed by atoms with Crippen molar-refractivity contribution in [2.45, 2.75) is 13.0 Å². The summed E-state index contributed by atoms with van der Waals surface area (Å²) in [4.78, 5) is 8.42. The van der Waals surface area contributed by atoms with Gasteiger partial charge in [0.25, 0.3) is 0 Å². The minimum atomic E-state index is -3.17. The van der Waals surface area contributed by atoms with Crippen LogP contribution in [0.5, 0.6) is 0 Å². The van der Waals surface area contributed by atoms with Crippen LogP contribution in [-0.4, -0.2) is 40.5 Å². The van der Waals surface area contributed by atoms with Crippen molar-refractivity contribution < 1.29 is 8.42 Å². The third kappa shape index (κ3) is 3.02. The molecule has 1 N–H and O–H groups in total. The topological polar surface area (TPSA) is 93.0 Å². The molecule has 4 rings (SSSR count). The van der Waals surface area contributed by atoms with Gasteiger partial charge in [-0.05, 0) is 24.1 Å². The Kier molecular flexibility index (Phi) is 3.79. The first-order valence-electron chi connectivity index (χ1n) is 8.00. The summed E-state index contributed by atoms with van der Waals surface area (Å²) in [6.45, 7) is 1.07. The molecule has 0 radical (unpaired) electrons. The van der Waals surface area contributed by atoms with Gasteiger partial charge >= 0.3 is 0 Å². The van der Waals surface area contributed by atoms with Gasteiger partial charge in [-0.3, -0.25) is 8.99 Å². The summed E-state index contributed by atoms with van der Waals surface area (Å²) in [7, 11) is -1.33. The van der Waals surface area contributed by atoms with E-state index in [1.807, 2.05) is 37.5 Å². The van der Waals surface area contributed by atoms with Crippen LogP contribution in [0.2, 0.25) is 0 Å². The molecule has 0 spiro atoms. The number of fused-ring (bicyclic) bond motifs is 1. The molecule has 0 aliphatic carbocycles. The van der Waals surface area contributed by atoms with Gasteiger partial charge in [0, 0.05) is 26.3 Å². The fourth-order valence-corrected chi connectivity index (χ4v) is 4.58. The number of rotatable bonds is 4. The van der Waals surface area contributed by atoms with E-state index >= 15 is 0 Å². The average Bonchev–Trinajstić information content (AvgIpc) is 3.14. The minimum absolute atomic E-state index is 0.218. The predicted molar refractivity (Wildman–Crippen MR) is 95.8 cm³/mol. The average molecular weight is 358 g/mol. The molecule has 0 saturated carbocycles. The highest BCUT2D eigenvalue weighted by Gasteiger charge is 2.28. The van der Waals surface area contributed by atoms with Gasteiger partial charge in [0.15, 0.2) is 5.65 Å². The van der Waals surface area contributed by atoms with Crippen LogP contribution in [0.1, 0.15) is 12.0 Å². The van der Waals surface area contributed by atoms with E-state index in [4.69, 9.17) is 0 Å². The molecule has 0 atom stereocenters. The smallest absolute Gasteiger partial charge is 0.235 e. The Morgan fingerprint density at radius 2 is 2.16 bits per heavy atom. The van der Waals surface area contributed by atoms with Gasteiger partial charge < -0.3 is 5.32 Å². The third-order valence-electron chi connectivity index (χ3n) is 4.19. The lowest BCUT2D eigenvalue weighted by Gasteiger charge is -2.17. The van der Waals surface area contributed by atoms with Crippen molar-refractivity contribution in [2.24, 2.45) is 7.05 Å². The Bertz CT molecular complexity index is 1030. The number of hydrogen-bond donors (Lipinski definition) is 1. The quantitative estimate of drug-likeness (QED) is 0.760. The summed E-state index contributed by atoms with van der Waals surface area (Å²) in [5.74, 6) is 0.923. The van der Waals surface area contributed by atoms with Crippen molar-refractivity contribution in [3.05, 3.63) is 42.4 Å². The second kappa shape index (κ2) is 5.99. The van der Waals surface area contributed by atoms with Crippen molar-refractivity contribution in [3.63, 3.8) is 0 Å². The Morgan fingerprint density at radius 1 is 1.28 bits per heavy atom. The van der Waals surface area contributed by atoms with Crippen molar-refractivity contribution in [2.75, 3.05) is 21.9 Å². The Balaban J connectivity index is 1.56. The molecule has 1 saturated heterocycles. The largest absolute Gasteiger partial charge is 0.365 e. The van der Waals surface area contributed by atoms with E-state index in [9.17, 15) is 8.42 Å². The molecular weight excluding hydrogens is 340 g/mol. The molecule has 0 amide bonds. The molecule has 1 aliphatic rings. The van der Waals surface area contributed by atoms with Crippen molar-refractivity contribution in [1.82, 2.24) is 19.7 Å². The third-order valence-corrected chi connectivity index (χ3v) is 6.06. The van der Waals surface area contributed by atoms with Crippen LogP contribution >= 0.6 is 0 Å². The summed E-state index contributed by atoms with van der Waals surface area (Å²) >= 11 is 0. The van der Waals surface area contributed by atoms with Gasteiger partial charge in [0.2, 0.25) is 10.0 Å². The molecule has 9 heteroatoms. The van der Waals surface area contributed by atoms with Gasteiger partial charge in [-0.2, -0.15) is 5.10 Å². The van der Waals surface area contributed by atoms with Crippen LogP contribution in [0.3, 0.4) is 0 Å². The summed E-state index contributed by atoms with van der Waals surface area (Å²) < 4.78 is 27.4. The van der Waals surface area contributed by atoms with Gasteiger partial charge in [-0.1, -0.05) is 12.1 Å². The summed E-state index contributed by atoms with van der Waals surface area (Å²) in [6.07, 6.45) is 4.01. The first-order chi connectivity index (χ1) is 12.0. The molecule has 3 aromatic rings. The zero-order chi connectivity index (χ0) is 17.4. The van der Waals surface area contributed by atoms with Crippen molar-refractivity contribution in [3.8, 4) is 0 Å². The van der Waals surface area contributed by atoms with Crippen LogP contribution in [0.4, 0.5) is 11.5 Å². The molecule has 130 valence electrons. The Morgan fingerprint density at radius 3 is 2.96 bits per heavy atom. The maximum absolute atomic E-state index is 12.1. The molecule has 1 fully saturated rings. The minimum Gasteiger partial charge on any atom is -0.365 e. The maximum atomic E-state index is 12.1. The standard InChI is InChI=1S/C16H18N6O2S/c1-21-10-14-15(18-11-19-16(14)20-21)17-9-12-4-2-5-13(8-12)22-6-3-7-25(22,23)24/h2,4-5,8,10-11H,3,6-7,9H2,1H3,(H,17,18,19,20). The number of nitrogens with one attached hydrogen (secondary N) is 1. The van der Waals surface area contributed by atoms with Crippen LogP contribution in [0.25, 0.3) is 11.0 Å². The summed E-state index contributed by atoms with van der Waals surface area (Å²) in [5.41, 5.74) is 2.33. The molecule has 0 bridgehead atoms. The zero-order valence-corrected chi connectivity index (χ0v) is 14.6. The summed E-state index contributed by atoms with van der Waals surface area (Å²) in [5, 5.41) is 8.40. The van der Waals surface area contributed by atoms with Gasteiger partial charge in [0.05, 0.1) is 16.8 Å². The molecule has 2 aromatic heterocycles. The van der Waals surface area contributed by atoms with Crippen LogP contribution in [-0.2, 0) is 23.6 Å². The van der Waals surface area contributed by atoms with E-state index in [0.29, 0.717) is 36.7 Å². The molecule has 0 unspecified atom stereocenters. The molecule has 3 heterocycles. The van der Waals surface area contributed by atoms with Crippen LogP contribution in [0, 0.1) is 0 Å². The number of anilines is 2. The van der Waals surface area contributed by atoms with Gasteiger partial charge in [-0.25, -0.2) is 18.4 Å². The fourth-order valence-electron chi connectivity index (χ4n) is 3.03. The van der Waals surface area contributed by atoms with Gasteiger partial charge in [-0.15, -0.1) is 0 Å². The lowest BCUT2D eigenvalue weighted by atomic mass is 10.2. The summed E-state index contributed by atoms with van der Waals surface area (Å²) in [6, 6.07) is 7.56. The highest BCUT2D eigenvalue weighted by Crippen LogP contribution is 2.25. The van der Waals surface area contributed by atoms with Crippen LogP contribution in [0.15, 0.2) is 36.8 Å². The number of aromatic nitrogens is 4. The molecular formula is C16H18N6O2S. The first kappa shape index (κ1) is 15.8. The Labute approximate surface area is 145 Å². The second-order valence-corrected chi connectivity index (χ2v) is 8.04. The predicted octanol–water partition coefficient (Wildman–Crippen LogP) is 1.52. The molecule has 25 heavy (non-hydrogen) atoms. The van der Waals surface area contributed by atoms with Crippen molar-refractivity contribution >= 4 is 32.6 Å².